The fourth-order valence-corrected chi connectivity index (χ4v) is 5.36. The van der Waals surface area contributed by atoms with Gasteiger partial charge in [-0.25, -0.2) is 4.98 Å². The molecule has 0 bridgehead atoms. The molecule has 2 fully saturated rings. The Balaban J connectivity index is 1.29. The Morgan fingerprint density at radius 2 is 1.73 bits per heavy atom. The third kappa shape index (κ3) is 3.28. The molecule has 4 nitrogen and oxygen atoms in total. The van der Waals surface area contributed by atoms with E-state index in [0.717, 1.165) is 38.8 Å². The van der Waals surface area contributed by atoms with Crippen molar-refractivity contribution in [3.8, 4) is 10.6 Å². The number of hydrogen-bond donors (Lipinski definition) is 0. The highest BCUT2D eigenvalue weighted by molar-refractivity contribution is 7.15. The first-order valence-electron chi connectivity index (χ1n) is 10.0. The molecule has 0 N–H and O–H groups in total. The molecule has 1 saturated carbocycles. The first-order chi connectivity index (χ1) is 12.9. The summed E-state index contributed by atoms with van der Waals surface area (Å²) in [5.41, 5.74) is 3.91. The number of thiazole rings is 1. The summed E-state index contributed by atoms with van der Waals surface area (Å²) in [6.07, 6.45) is 6.53. The molecule has 0 unspecified atom stereocenters. The van der Waals surface area contributed by atoms with Gasteiger partial charge in [-0.3, -0.25) is 4.90 Å². The number of anilines is 1. The first kappa shape index (κ1) is 16.7. The second kappa shape index (κ2) is 7.29. The average Bonchev–Trinajstić information content (AvgIpc) is 2.97. The Bertz CT molecular complexity index is 722. The molecule has 0 spiro atoms. The van der Waals surface area contributed by atoms with Crippen LogP contribution in [0.5, 0.6) is 0 Å². The van der Waals surface area contributed by atoms with Crippen LogP contribution < -0.4 is 4.90 Å². The van der Waals surface area contributed by atoms with Gasteiger partial charge in [0.05, 0.1) is 18.9 Å². The maximum atomic E-state index is 5.45. The van der Waals surface area contributed by atoms with E-state index in [2.05, 4.69) is 34.1 Å². The Kier molecular flexibility index (Phi) is 4.69. The Morgan fingerprint density at radius 1 is 0.962 bits per heavy atom. The fourth-order valence-electron chi connectivity index (χ4n) is 4.26. The SMILES string of the molecule is c1cc(N2CCOCC2)ccc1-c1nc2c(s1)CCN(C1CCC1)CC2. The summed E-state index contributed by atoms with van der Waals surface area (Å²) in [5.74, 6) is 0. The molecule has 0 atom stereocenters. The van der Waals surface area contributed by atoms with Crippen molar-refractivity contribution in [3.63, 3.8) is 0 Å². The zero-order valence-electron chi connectivity index (χ0n) is 15.3. The molecule has 3 aliphatic rings. The van der Waals surface area contributed by atoms with Crippen LogP contribution in [0.3, 0.4) is 0 Å². The van der Waals surface area contributed by atoms with Crippen LogP contribution in [0.2, 0.25) is 0 Å². The number of nitrogens with zero attached hydrogens (tertiary/aromatic N) is 3. The van der Waals surface area contributed by atoms with Gasteiger partial charge in [-0.2, -0.15) is 0 Å². The molecule has 2 aliphatic heterocycles. The van der Waals surface area contributed by atoms with Crippen molar-refractivity contribution in [2.75, 3.05) is 44.3 Å². The quantitative estimate of drug-likeness (QED) is 0.827. The van der Waals surface area contributed by atoms with Gasteiger partial charge in [-0.1, -0.05) is 6.42 Å². The van der Waals surface area contributed by atoms with Crippen molar-refractivity contribution in [2.24, 2.45) is 0 Å². The smallest absolute Gasteiger partial charge is 0.123 e. The Labute approximate surface area is 159 Å². The summed E-state index contributed by atoms with van der Waals surface area (Å²) in [4.78, 5) is 11.6. The van der Waals surface area contributed by atoms with Gasteiger partial charge in [0.1, 0.15) is 5.01 Å². The van der Waals surface area contributed by atoms with Gasteiger partial charge >= 0.3 is 0 Å². The number of ether oxygens (including phenoxy) is 1. The molecule has 5 heteroatoms. The molecule has 1 aromatic heterocycles. The van der Waals surface area contributed by atoms with Crippen molar-refractivity contribution in [1.82, 2.24) is 9.88 Å². The lowest BCUT2D eigenvalue weighted by Crippen LogP contribution is -2.41. The Morgan fingerprint density at radius 3 is 2.46 bits per heavy atom. The molecule has 0 radical (unpaired) electrons. The van der Waals surface area contributed by atoms with Gasteiger partial charge < -0.3 is 9.64 Å². The number of benzene rings is 1. The summed E-state index contributed by atoms with van der Waals surface area (Å²) in [6, 6.07) is 9.82. The predicted octanol–water partition coefficient (Wildman–Crippen LogP) is 3.60. The number of morpholine rings is 1. The number of rotatable bonds is 3. The summed E-state index contributed by atoms with van der Waals surface area (Å²) in [7, 11) is 0. The van der Waals surface area contributed by atoms with Crippen LogP contribution in [-0.2, 0) is 17.6 Å². The van der Waals surface area contributed by atoms with Crippen LogP contribution in [0.15, 0.2) is 24.3 Å². The van der Waals surface area contributed by atoms with Gasteiger partial charge in [0, 0.05) is 54.8 Å². The molecule has 2 aromatic rings. The van der Waals surface area contributed by atoms with Gasteiger partial charge in [0.25, 0.3) is 0 Å². The lowest BCUT2D eigenvalue weighted by molar-refractivity contribution is 0.122. The lowest BCUT2D eigenvalue weighted by Gasteiger charge is -2.36. The van der Waals surface area contributed by atoms with Crippen molar-refractivity contribution < 1.29 is 4.74 Å². The molecule has 0 amide bonds. The van der Waals surface area contributed by atoms with Crippen molar-refractivity contribution in [1.29, 1.82) is 0 Å². The maximum absolute atomic E-state index is 5.45. The first-order valence-corrected chi connectivity index (χ1v) is 10.8. The van der Waals surface area contributed by atoms with E-state index in [9.17, 15) is 0 Å². The molecule has 1 aromatic carbocycles. The predicted molar refractivity (Wildman–Crippen MR) is 107 cm³/mol. The Hall–Kier alpha value is -1.43. The second-order valence-electron chi connectivity index (χ2n) is 7.66. The highest BCUT2D eigenvalue weighted by Gasteiger charge is 2.27. The zero-order valence-corrected chi connectivity index (χ0v) is 16.1. The molecule has 5 rings (SSSR count). The molecule has 3 heterocycles. The minimum Gasteiger partial charge on any atom is -0.378 e. The molecular weight excluding hydrogens is 342 g/mol. The minimum absolute atomic E-state index is 0.832. The van der Waals surface area contributed by atoms with Gasteiger partial charge in [0.2, 0.25) is 0 Å². The van der Waals surface area contributed by atoms with Crippen LogP contribution in [0.4, 0.5) is 5.69 Å². The van der Waals surface area contributed by atoms with Gasteiger partial charge in [-0.15, -0.1) is 11.3 Å². The highest BCUT2D eigenvalue weighted by Crippen LogP contribution is 2.33. The number of fused-ring (bicyclic) bond motifs is 1. The molecule has 26 heavy (non-hydrogen) atoms. The van der Waals surface area contributed by atoms with E-state index in [1.54, 1.807) is 0 Å². The molecular formula is C21H27N3OS. The van der Waals surface area contributed by atoms with E-state index in [-0.39, 0.29) is 0 Å². The van der Waals surface area contributed by atoms with Gasteiger partial charge in [-0.05, 0) is 43.5 Å². The van der Waals surface area contributed by atoms with E-state index in [1.807, 2.05) is 11.3 Å². The van der Waals surface area contributed by atoms with Crippen LogP contribution in [0, 0.1) is 0 Å². The molecule has 1 saturated heterocycles. The van der Waals surface area contributed by atoms with E-state index >= 15 is 0 Å². The highest BCUT2D eigenvalue weighted by atomic mass is 32.1. The standard InChI is InChI=1S/C21H27N3OS/c1-2-17(3-1)23-10-8-19-20(9-11-23)26-21(22-19)16-4-6-18(7-5-16)24-12-14-25-15-13-24/h4-7,17H,1-3,8-15H2. The molecule has 138 valence electrons. The van der Waals surface area contributed by atoms with Crippen LogP contribution >= 0.6 is 11.3 Å². The fraction of sp³-hybridized carbons (Fsp3) is 0.571. The van der Waals surface area contributed by atoms with E-state index in [1.165, 1.54) is 65.6 Å². The van der Waals surface area contributed by atoms with Crippen LogP contribution in [0.25, 0.3) is 10.6 Å². The largest absolute Gasteiger partial charge is 0.378 e. The van der Waals surface area contributed by atoms with Crippen LogP contribution in [-0.4, -0.2) is 55.3 Å². The number of hydrogen-bond acceptors (Lipinski definition) is 5. The minimum atomic E-state index is 0.832. The molecule has 1 aliphatic carbocycles. The average molecular weight is 370 g/mol. The summed E-state index contributed by atoms with van der Waals surface area (Å²) >= 11 is 1.91. The second-order valence-corrected chi connectivity index (χ2v) is 8.74. The van der Waals surface area contributed by atoms with Gasteiger partial charge in [0.15, 0.2) is 0 Å². The van der Waals surface area contributed by atoms with E-state index in [4.69, 9.17) is 9.72 Å². The van der Waals surface area contributed by atoms with E-state index < -0.39 is 0 Å². The summed E-state index contributed by atoms with van der Waals surface area (Å²) in [5, 5.41) is 1.20. The summed E-state index contributed by atoms with van der Waals surface area (Å²) in [6.45, 7) is 6.05. The van der Waals surface area contributed by atoms with Crippen molar-refractivity contribution in [3.05, 3.63) is 34.8 Å². The normalized spacial score (nSPS) is 21.9. The third-order valence-electron chi connectivity index (χ3n) is 6.12. The van der Waals surface area contributed by atoms with Crippen molar-refractivity contribution >= 4 is 17.0 Å². The lowest BCUT2D eigenvalue weighted by atomic mass is 9.91. The van der Waals surface area contributed by atoms with E-state index in [0.29, 0.717) is 0 Å². The zero-order chi connectivity index (χ0) is 17.3. The van der Waals surface area contributed by atoms with Crippen molar-refractivity contribution in [2.45, 2.75) is 38.1 Å². The summed E-state index contributed by atoms with van der Waals surface area (Å²) < 4.78 is 5.45. The monoisotopic (exact) mass is 369 g/mol. The third-order valence-corrected chi connectivity index (χ3v) is 7.33. The van der Waals surface area contributed by atoms with Crippen LogP contribution in [0.1, 0.15) is 29.8 Å². The topological polar surface area (TPSA) is 28.6 Å². The maximum Gasteiger partial charge on any atom is 0.123 e. The number of aromatic nitrogens is 1.